The van der Waals surface area contributed by atoms with Crippen LogP contribution in [0.15, 0.2) is 67.4 Å². The van der Waals surface area contributed by atoms with Crippen molar-refractivity contribution in [3.05, 3.63) is 89.1 Å². The molecule has 4 rings (SSSR count). The van der Waals surface area contributed by atoms with Crippen LogP contribution in [0.2, 0.25) is 0 Å². The van der Waals surface area contributed by atoms with Gasteiger partial charge < -0.3 is 0 Å². The minimum absolute atomic E-state index is 0.0490. The monoisotopic (exact) mass is 386 g/mol. The third-order valence-corrected chi connectivity index (χ3v) is 5.51. The fourth-order valence-electron chi connectivity index (χ4n) is 2.74. The number of allylic oxidation sites excluding steroid dienone is 1. The van der Waals surface area contributed by atoms with E-state index in [1.165, 1.54) is 16.9 Å². The predicted octanol–water partition coefficient (Wildman–Crippen LogP) is 4.90. The molecule has 0 amide bonds. The molecule has 0 atom stereocenters. The molecule has 0 saturated carbocycles. The molecule has 0 spiro atoms. The maximum atomic E-state index is 12.6. The summed E-state index contributed by atoms with van der Waals surface area (Å²) in [6.45, 7) is 3.92. The Labute approximate surface area is 167 Å². The van der Waals surface area contributed by atoms with E-state index in [9.17, 15) is 4.79 Å². The number of carbonyl (C=O) groups is 1. The summed E-state index contributed by atoms with van der Waals surface area (Å²) >= 11 is 1.42. The number of benzene rings is 1. The van der Waals surface area contributed by atoms with Gasteiger partial charge in [0, 0.05) is 24.2 Å². The van der Waals surface area contributed by atoms with Crippen LogP contribution in [-0.2, 0) is 0 Å². The molecule has 138 valence electrons. The van der Waals surface area contributed by atoms with Gasteiger partial charge in [-0.05, 0) is 43.7 Å². The van der Waals surface area contributed by atoms with Crippen molar-refractivity contribution < 1.29 is 4.79 Å². The highest BCUT2D eigenvalue weighted by molar-refractivity contribution is 7.17. The molecule has 4 aromatic rings. The molecule has 3 aromatic heterocycles. The topological polar surface area (TPSA) is 60.7 Å². The fourth-order valence-corrected chi connectivity index (χ4v) is 3.73. The second-order valence-corrected chi connectivity index (χ2v) is 7.42. The van der Waals surface area contributed by atoms with Crippen molar-refractivity contribution in [1.29, 1.82) is 0 Å². The summed E-state index contributed by atoms with van der Waals surface area (Å²) in [7, 11) is 0. The molecule has 0 fully saturated rings. The van der Waals surface area contributed by atoms with Crippen LogP contribution in [0.5, 0.6) is 0 Å². The number of hydrogen-bond acceptors (Lipinski definition) is 5. The number of pyridine rings is 1. The lowest BCUT2D eigenvalue weighted by molar-refractivity contribution is 0.105. The summed E-state index contributed by atoms with van der Waals surface area (Å²) in [5.74, 6) is 0.731. The van der Waals surface area contributed by atoms with E-state index >= 15 is 0 Å². The zero-order valence-corrected chi connectivity index (χ0v) is 16.4. The molecule has 0 aliphatic heterocycles. The van der Waals surface area contributed by atoms with Gasteiger partial charge in [-0.1, -0.05) is 29.8 Å². The number of aromatic nitrogens is 4. The average Bonchev–Trinajstić information content (AvgIpc) is 3.37. The number of carbonyl (C=O) groups excluding carboxylic acids is 1. The molecule has 28 heavy (non-hydrogen) atoms. The van der Waals surface area contributed by atoms with E-state index in [0.29, 0.717) is 4.88 Å². The standard InChI is InChI=1S/C22H18N4OS/c1-15-3-7-18(8-4-15)22-25-16(2)21(28-22)19(27)9-5-17-6-10-20(24-13-17)26-12-11-23-14-26/h3-14H,1-2H3/b9-5+. The largest absolute Gasteiger partial charge is 0.291 e. The van der Waals surface area contributed by atoms with Gasteiger partial charge in [0.2, 0.25) is 0 Å². The Bertz CT molecular complexity index is 1120. The Morgan fingerprint density at radius 3 is 2.61 bits per heavy atom. The van der Waals surface area contributed by atoms with E-state index < -0.39 is 0 Å². The summed E-state index contributed by atoms with van der Waals surface area (Å²) in [5.41, 5.74) is 3.84. The fraction of sp³-hybridized carbons (Fsp3) is 0.0909. The normalized spacial score (nSPS) is 11.2. The lowest BCUT2D eigenvalue weighted by Crippen LogP contribution is -1.95. The highest BCUT2D eigenvalue weighted by Crippen LogP contribution is 2.28. The first kappa shape index (κ1) is 18.0. The summed E-state index contributed by atoms with van der Waals surface area (Å²) in [6, 6.07) is 12.0. The van der Waals surface area contributed by atoms with E-state index in [1.807, 2.05) is 61.0 Å². The minimum Gasteiger partial charge on any atom is -0.291 e. The van der Waals surface area contributed by atoms with Gasteiger partial charge in [0.05, 0.1) is 10.6 Å². The molecule has 0 saturated heterocycles. The van der Waals surface area contributed by atoms with Crippen LogP contribution in [0.1, 0.15) is 26.5 Å². The number of thiazole rings is 1. The van der Waals surface area contributed by atoms with E-state index in [0.717, 1.165) is 27.6 Å². The smallest absolute Gasteiger partial charge is 0.197 e. The van der Waals surface area contributed by atoms with E-state index in [-0.39, 0.29) is 5.78 Å². The third kappa shape index (κ3) is 3.82. The molecule has 0 unspecified atom stereocenters. The highest BCUT2D eigenvalue weighted by atomic mass is 32.1. The first-order valence-corrected chi connectivity index (χ1v) is 9.63. The van der Waals surface area contributed by atoms with Crippen LogP contribution in [0.4, 0.5) is 0 Å². The maximum absolute atomic E-state index is 12.6. The van der Waals surface area contributed by atoms with Crippen LogP contribution in [-0.4, -0.2) is 25.3 Å². The average molecular weight is 386 g/mol. The lowest BCUT2D eigenvalue weighted by atomic mass is 10.2. The maximum Gasteiger partial charge on any atom is 0.197 e. The summed E-state index contributed by atoms with van der Waals surface area (Å²) in [6.07, 6.45) is 10.3. The van der Waals surface area contributed by atoms with E-state index in [4.69, 9.17) is 0 Å². The van der Waals surface area contributed by atoms with Crippen molar-refractivity contribution in [2.45, 2.75) is 13.8 Å². The van der Waals surface area contributed by atoms with Gasteiger partial charge in [0.15, 0.2) is 5.78 Å². The zero-order chi connectivity index (χ0) is 19.5. The molecule has 0 aliphatic carbocycles. The van der Waals surface area contributed by atoms with E-state index in [1.54, 1.807) is 30.9 Å². The molecule has 0 radical (unpaired) electrons. The quantitative estimate of drug-likeness (QED) is 0.361. The van der Waals surface area contributed by atoms with Crippen LogP contribution < -0.4 is 0 Å². The first-order chi connectivity index (χ1) is 13.6. The summed E-state index contributed by atoms with van der Waals surface area (Å²) < 4.78 is 1.83. The van der Waals surface area contributed by atoms with E-state index in [2.05, 4.69) is 15.0 Å². The Morgan fingerprint density at radius 1 is 1.11 bits per heavy atom. The lowest BCUT2D eigenvalue weighted by Gasteiger charge is -2.00. The molecular formula is C22H18N4OS. The van der Waals surface area contributed by atoms with Gasteiger partial charge in [-0.25, -0.2) is 15.0 Å². The number of ketones is 1. The number of imidazole rings is 1. The summed E-state index contributed by atoms with van der Waals surface area (Å²) in [5, 5.41) is 0.862. The number of nitrogens with zero attached hydrogens (tertiary/aromatic N) is 4. The predicted molar refractivity (Wildman–Crippen MR) is 112 cm³/mol. The second kappa shape index (κ2) is 7.70. The number of rotatable bonds is 5. The van der Waals surface area contributed by atoms with Gasteiger partial charge in [-0.15, -0.1) is 11.3 Å². The molecule has 0 aliphatic rings. The van der Waals surface area contributed by atoms with Crippen molar-refractivity contribution in [3.8, 4) is 16.4 Å². The Kier molecular flexibility index (Phi) is 4.95. The third-order valence-electron chi connectivity index (χ3n) is 4.29. The molecule has 0 bridgehead atoms. The minimum atomic E-state index is -0.0490. The Hall–Kier alpha value is -3.38. The molecule has 3 heterocycles. The Morgan fingerprint density at radius 2 is 1.93 bits per heavy atom. The zero-order valence-electron chi connectivity index (χ0n) is 15.5. The van der Waals surface area contributed by atoms with Gasteiger partial charge in [-0.3, -0.25) is 9.36 Å². The van der Waals surface area contributed by atoms with Gasteiger partial charge >= 0.3 is 0 Å². The molecule has 6 heteroatoms. The highest BCUT2D eigenvalue weighted by Gasteiger charge is 2.14. The first-order valence-electron chi connectivity index (χ1n) is 8.81. The number of hydrogen-bond donors (Lipinski definition) is 0. The van der Waals surface area contributed by atoms with Crippen molar-refractivity contribution in [2.24, 2.45) is 0 Å². The van der Waals surface area contributed by atoms with Crippen molar-refractivity contribution >= 4 is 23.2 Å². The van der Waals surface area contributed by atoms with Crippen molar-refractivity contribution in [2.75, 3.05) is 0 Å². The molecule has 1 aromatic carbocycles. The molecular weight excluding hydrogens is 368 g/mol. The van der Waals surface area contributed by atoms with Crippen LogP contribution >= 0.6 is 11.3 Å². The second-order valence-electron chi connectivity index (χ2n) is 6.42. The Balaban J connectivity index is 1.51. The van der Waals surface area contributed by atoms with Gasteiger partial charge in [0.1, 0.15) is 17.2 Å². The number of aryl methyl sites for hydroxylation is 2. The molecule has 0 N–H and O–H groups in total. The van der Waals surface area contributed by atoms with Gasteiger partial charge in [0.25, 0.3) is 0 Å². The van der Waals surface area contributed by atoms with Crippen LogP contribution in [0.25, 0.3) is 22.5 Å². The van der Waals surface area contributed by atoms with Crippen molar-refractivity contribution in [1.82, 2.24) is 19.5 Å². The van der Waals surface area contributed by atoms with Crippen molar-refractivity contribution in [3.63, 3.8) is 0 Å². The molecule has 5 nitrogen and oxygen atoms in total. The van der Waals surface area contributed by atoms with Gasteiger partial charge in [-0.2, -0.15) is 0 Å². The summed E-state index contributed by atoms with van der Waals surface area (Å²) in [4.78, 5) is 26.3. The van der Waals surface area contributed by atoms with Crippen LogP contribution in [0.3, 0.4) is 0 Å². The van der Waals surface area contributed by atoms with Crippen LogP contribution in [0, 0.1) is 13.8 Å². The SMILES string of the molecule is Cc1ccc(-c2nc(C)c(C(=O)/C=C/c3ccc(-n4ccnc4)nc3)s2)cc1.